The Morgan fingerprint density at radius 3 is 2.52 bits per heavy atom. The molecule has 2 aromatic rings. The van der Waals surface area contributed by atoms with Gasteiger partial charge < -0.3 is 9.47 Å². The van der Waals surface area contributed by atoms with Crippen molar-refractivity contribution in [3.63, 3.8) is 0 Å². The number of likely N-dealkylation sites (N-methyl/N-ethyl adjacent to an activating group) is 1. The molecule has 0 amide bonds. The minimum absolute atomic E-state index is 0.0293. The van der Waals surface area contributed by atoms with Crippen LogP contribution in [0.3, 0.4) is 0 Å². The summed E-state index contributed by atoms with van der Waals surface area (Å²) in [4.78, 5) is 14.2. The van der Waals surface area contributed by atoms with Gasteiger partial charge in [-0.1, -0.05) is 0 Å². The lowest BCUT2D eigenvalue weighted by atomic mass is 10.2. The van der Waals surface area contributed by atoms with Gasteiger partial charge in [0.1, 0.15) is 0 Å². The summed E-state index contributed by atoms with van der Waals surface area (Å²) in [6, 6.07) is 4.17. The molecule has 0 aliphatic carbocycles. The first-order chi connectivity index (χ1) is 9.78. The summed E-state index contributed by atoms with van der Waals surface area (Å²) in [5.74, 6) is -0.253. The standard InChI is InChI=1S/C14H14F2N2O3/c1-8(17(2)3)13(19)18-5-4-9-6-11-12(7-10(9)18)21-14(15,16)20-11/h4-8H,1-3H3/t8-/m1/s1. The molecule has 1 atom stereocenters. The number of carbonyl (C=O) groups is 1. The predicted octanol–water partition coefficient (Wildman–Crippen LogP) is 2.55. The molecular weight excluding hydrogens is 282 g/mol. The number of aromatic nitrogens is 1. The smallest absolute Gasteiger partial charge is 0.395 e. The fraction of sp³-hybridized carbons (Fsp3) is 0.357. The molecule has 7 heteroatoms. The van der Waals surface area contributed by atoms with E-state index in [2.05, 4.69) is 9.47 Å². The first-order valence-corrected chi connectivity index (χ1v) is 6.40. The fourth-order valence-corrected chi connectivity index (χ4v) is 2.19. The van der Waals surface area contributed by atoms with Gasteiger partial charge in [-0.15, -0.1) is 8.78 Å². The van der Waals surface area contributed by atoms with Crippen molar-refractivity contribution >= 4 is 16.8 Å². The van der Waals surface area contributed by atoms with Gasteiger partial charge >= 0.3 is 6.29 Å². The molecule has 0 bridgehead atoms. The third-order valence-corrected chi connectivity index (χ3v) is 3.58. The Morgan fingerprint density at radius 2 is 1.90 bits per heavy atom. The van der Waals surface area contributed by atoms with Crippen LogP contribution in [0.15, 0.2) is 24.4 Å². The Hall–Kier alpha value is -2.15. The molecule has 21 heavy (non-hydrogen) atoms. The van der Waals surface area contributed by atoms with Crippen LogP contribution in [-0.2, 0) is 0 Å². The Morgan fingerprint density at radius 1 is 1.29 bits per heavy atom. The summed E-state index contributed by atoms with van der Waals surface area (Å²) in [6.07, 6.45) is -2.05. The number of fused-ring (bicyclic) bond motifs is 2. The van der Waals surface area contributed by atoms with E-state index in [1.54, 1.807) is 38.2 Å². The van der Waals surface area contributed by atoms with Crippen molar-refractivity contribution in [1.29, 1.82) is 0 Å². The Labute approximate surface area is 119 Å². The molecule has 0 spiro atoms. The third-order valence-electron chi connectivity index (χ3n) is 3.58. The van der Waals surface area contributed by atoms with Gasteiger partial charge in [0.15, 0.2) is 11.5 Å². The molecule has 1 aliphatic heterocycles. The highest BCUT2D eigenvalue weighted by Gasteiger charge is 2.43. The number of benzene rings is 1. The lowest BCUT2D eigenvalue weighted by molar-refractivity contribution is -0.286. The molecule has 0 radical (unpaired) electrons. The van der Waals surface area contributed by atoms with E-state index < -0.39 is 6.29 Å². The van der Waals surface area contributed by atoms with Crippen molar-refractivity contribution in [2.75, 3.05) is 14.1 Å². The highest BCUT2D eigenvalue weighted by Crippen LogP contribution is 2.43. The van der Waals surface area contributed by atoms with E-state index in [-0.39, 0.29) is 23.4 Å². The molecular formula is C14H14F2N2O3. The number of hydrogen-bond donors (Lipinski definition) is 0. The van der Waals surface area contributed by atoms with Crippen LogP contribution in [0.1, 0.15) is 11.7 Å². The summed E-state index contributed by atoms with van der Waals surface area (Å²) in [5, 5.41) is 0.634. The van der Waals surface area contributed by atoms with Crippen molar-refractivity contribution in [1.82, 2.24) is 9.47 Å². The number of hydrogen-bond acceptors (Lipinski definition) is 4. The maximum Gasteiger partial charge on any atom is 0.586 e. The molecule has 2 heterocycles. The third kappa shape index (κ3) is 2.23. The highest BCUT2D eigenvalue weighted by molar-refractivity contribution is 5.96. The SMILES string of the molecule is C[C@H](C(=O)n1ccc2cc3c(cc21)OC(F)(F)O3)N(C)C. The molecule has 3 rings (SSSR count). The van der Waals surface area contributed by atoms with Crippen LogP contribution in [0.4, 0.5) is 8.78 Å². The molecule has 1 aliphatic rings. The predicted molar refractivity (Wildman–Crippen MR) is 71.9 cm³/mol. The van der Waals surface area contributed by atoms with Gasteiger partial charge in [-0.05, 0) is 33.2 Å². The highest BCUT2D eigenvalue weighted by atomic mass is 19.3. The lowest BCUT2D eigenvalue weighted by Crippen LogP contribution is -2.36. The van der Waals surface area contributed by atoms with Crippen LogP contribution >= 0.6 is 0 Å². The molecule has 112 valence electrons. The van der Waals surface area contributed by atoms with Crippen molar-refractivity contribution < 1.29 is 23.0 Å². The van der Waals surface area contributed by atoms with Crippen molar-refractivity contribution in [3.05, 3.63) is 24.4 Å². The first kappa shape index (κ1) is 13.8. The fourth-order valence-electron chi connectivity index (χ4n) is 2.19. The second-order valence-corrected chi connectivity index (χ2v) is 5.19. The van der Waals surface area contributed by atoms with E-state index in [1.807, 2.05) is 0 Å². The first-order valence-electron chi connectivity index (χ1n) is 6.40. The normalized spacial score (nSPS) is 17.4. The number of rotatable bonds is 2. The van der Waals surface area contributed by atoms with Crippen molar-refractivity contribution in [2.45, 2.75) is 19.3 Å². The van der Waals surface area contributed by atoms with Gasteiger partial charge in [-0.3, -0.25) is 14.3 Å². The van der Waals surface area contributed by atoms with E-state index in [1.165, 1.54) is 16.7 Å². The second-order valence-electron chi connectivity index (χ2n) is 5.19. The van der Waals surface area contributed by atoms with Crippen LogP contribution in [0.5, 0.6) is 11.5 Å². The van der Waals surface area contributed by atoms with E-state index in [0.29, 0.717) is 10.9 Å². The van der Waals surface area contributed by atoms with Crippen LogP contribution < -0.4 is 9.47 Å². The molecule has 0 unspecified atom stereocenters. The number of halogens is 2. The Kier molecular flexibility index (Phi) is 2.91. The van der Waals surface area contributed by atoms with Gasteiger partial charge in [0.05, 0.1) is 11.6 Å². The summed E-state index contributed by atoms with van der Waals surface area (Å²) in [5.41, 5.74) is 0.508. The monoisotopic (exact) mass is 296 g/mol. The number of ether oxygens (including phenoxy) is 2. The Balaban J connectivity index is 2.06. The average Bonchev–Trinajstić information content (AvgIpc) is 2.91. The molecule has 5 nitrogen and oxygen atoms in total. The zero-order valence-electron chi connectivity index (χ0n) is 11.8. The van der Waals surface area contributed by atoms with Crippen LogP contribution in [0.25, 0.3) is 10.9 Å². The van der Waals surface area contributed by atoms with Crippen LogP contribution in [0.2, 0.25) is 0 Å². The average molecular weight is 296 g/mol. The zero-order valence-corrected chi connectivity index (χ0v) is 11.8. The molecule has 1 aromatic carbocycles. The lowest BCUT2D eigenvalue weighted by Gasteiger charge is -2.19. The van der Waals surface area contributed by atoms with E-state index in [9.17, 15) is 13.6 Å². The van der Waals surface area contributed by atoms with Gasteiger partial charge in [-0.2, -0.15) is 0 Å². The maximum atomic E-state index is 13.1. The summed E-state index contributed by atoms with van der Waals surface area (Å²) < 4.78 is 36.4. The largest absolute Gasteiger partial charge is 0.586 e. The summed E-state index contributed by atoms with van der Waals surface area (Å²) >= 11 is 0. The van der Waals surface area contributed by atoms with Crippen molar-refractivity contribution in [3.8, 4) is 11.5 Å². The van der Waals surface area contributed by atoms with Gasteiger partial charge in [-0.25, -0.2) is 0 Å². The minimum atomic E-state index is -3.66. The molecule has 0 fully saturated rings. The summed E-state index contributed by atoms with van der Waals surface area (Å²) in [7, 11) is 3.59. The number of alkyl halides is 2. The minimum Gasteiger partial charge on any atom is -0.395 e. The van der Waals surface area contributed by atoms with E-state index in [0.717, 1.165) is 0 Å². The van der Waals surface area contributed by atoms with Gasteiger partial charge in [0, 0.05) is 17.6 Å². The maximum absolute atomic E-state index is 13.1. The topological polar surface area (TPSA) is 43.7 Å². The molecule has 0 saturated heterocycles. The van der Waals surface area contributed by atoms with E-state index >= 15 is 0 Å². The number of nitrogens with zero attached hydrogens (tertiary/aromatic N) is 2. The second kappa shape index (κ2) is 4.42. The summed E-state index contributed by atoms with van der Waals surface area (Å²) in [6.45, 7) is 1.77. The van der Waals surface area contributed by atoms with Gasteiger partial charge in [0.2, 0.25) is 5.91 Å². The van der Waals surface area contributed by atoms with Crippen LogP contribution in [0, 0.1) is 0 Å². The zero-order chi connectivity index (χ0) is 15.4. The molecule has 0 N–H and O–H groups in total. The van der Waals surface area contributed by atoms with Crippen LogP contribution in [-0.4, -0.2) is 41.8 Å². The molecule has 0 saturated carbocycles. The Bertz CT molecular complexity index is 724. The van der Waals surface area contributed by atoms with E-state index in [4.69, 9.17) is 0 Å². The molecule has 1 aromatic heterocycles. The number of carbonyl (C=O) groups excluding carboxylic acids is 1. The van der Waals surface area contributed by atoms with Gasteiger partial charge in [0.25, 0.3) is 0 Å². The van der Waals surface area contributed by atoms with Crippen molar-refractivity contribution in [2.24, 2.45) is 0 Å². The quantitative estimate of drug-likeness (QED) is 0.854.